The van der Waals surface area contributed by atoms with Crippen LogP contribution in [0.3, 0.4) is 0 Å². The van der Waals surface area contributed by atoms with Gasteiger partial charge in [-0.15, -0.1) is 0 Å². The fourth-order valence-electron chi connectivity index (χ4n) is 5.41. The van der Waals surface area contributed by atoms with E-state index in [1.807, 2.05) is 30.5 Å². The first kappa shape index (κ1) is 23.9. The molecule has 1 aromatic heterocycles. The maximum atomic E-state index is 14.0. The number of hydrogen-bond acceptors (Lipinski definition) is 5. The Hall–Kier alpha value is -2.83. The summed E-state index contributed by atoms with van der Waals surface area (Å²) in [6.07, 6.45) is 7.04. The highest BCUT2D eigenvalue weighted by Gasteiger charge is 2.24. The van der Waals surface area contributed by atoms with E-state index >= 15 is 0 Å². The summed E-state index contributed by atoms with van der Waals surface area (Å²) < 4.78 is 19.4. The van der Waals surface area contributed by atoms with Crippen molar-refractivity contribution in [3.63, 3.8) is 0 Å². The van der Waals surface area contributed by atoms with Crippen molar-refractivity contribution in [1.29, 1.82) is 0 Å². The maximum Gasteiger partial charge on any atom is 0.197 e. The molecule has 1 fully saturated rings. The molecule has 0 radical (unpaired) electrons. The van der Waals surface area contributed by atoms with Crippen molar-refractivity contribution >= 4 is 10.9 Å². The predicted octanol–water partition coefficient (Wildman–Crippen LogP) is 4.68. The van der Waals surface area contributed by atoms with Crippen LogP contribution in [0.15, 0.2) is 41.3 Å². The van der Waals surface area contributed by atoms with Crippen LogP contribution in [0.2, 0.25) is 0 Å². The highest BCUT2D eigenvalue weighted by atomic mass is 16.5. The molecule has 1 aliphatic carbocycles. The molecule has 35 heavy (non-hydrogen) atoms. The van der Waals surface area contributed by atoms with Gasteiger partial charge in [-0.1, -0.05) is 19.1 Å². The van der Waals surface area contributed by atoms with Crippen molar-refractivity contribution in [3.05, 3.63) is 57.9 Å². The molecule has 6 nitrogen and oxygen atoms in total. The molecule has 0 amide bonds. The molecule has 0 bridgehead atoms. The topological polar surface area (TPSA) is 52.9 Å². The van der Waals surface area contributed by atoms with Gasteiger partial charge in [-0.05, 0) is 67.0 Å². The van der Waals surface area contributed by atoms with E-state index in [4.69, 9.17) is 14.2 Å². The monoisotopic (exact) mass is 476 g/mol. The minimum Gasteiger partial charge on any atom is -0.497 e. The van der Waals surface area contributed by atoms with Crippen LogP contribution in [0.25, 0.3) is 22.0 Å². The predicted molar refractivity (Wildman–Crippen MR) is 140 cm³/mol. The lowest BCUT2D eigenvalue weighted by atomic mass is 9.98. The van der Waals surface area contributed by atoms with Crippen LogP contribution in [0.5, 0.6) is 11.5 Å². The lowest BCUT2D eigenvalue weighted by Crippen LogP contribution is -2.37. The summed E-state index contributed by atoms with van der Waals surface area (Å²) >= 11 is 0. The van der Waals surface area contributed by atoms with Gasteiger partial charge in [0.2, 0.25) is 0 Å². The number of morpholine rings is 1. The Morgan fingerprint density at radius 2 is 1.86 bits per heavy atom. The van der Waals surface area contributed by atoms with Crippen molar-refractivity contribution < 1.29 is 14.2 Å². The second-order valence-electron chi connectivity index (χ2n) is 9.54. The number of aromatic nitrogens is 1. The first-order valence-corrected chi connectivity index (χ1v) is 13.0. The zero-order chi connectivity index (χ0) is 24.2. The quantitative estimate of drug-likeness (QED) is 0.449. The lowest BCUT2D eigenvalue weighted by molar-refractivity contribution is 0.0369. The molecule has 2 heterocycles. The molecule has 2 aliphatic rings. The third-order valence-corrected chi connectivity index (χ3v) is 7.22. The summed E-state index contributed by atoms with van der Waals surface area (Å²) in [6.45, 7) is 8.21. The van der Waals surface area contributed by atoms with Crippen LogP contribution < -0.4 is 14.9 Å². The Labute approximate surface area is 207 Å². The molecule has 1 saturated heterocycles. The second-order valence-corrected chi connectivity index (χ2v) is 9.54. The molecule has 0 N–H and O–H groups in total. The van der Waals surface area contributed by atoms with Gasteiger partial charge in [-0.2, -0.15) is 0 Å². The van der Waals surface area contributed by atoms with E-state index in [-0.39, 0.29) is 5.43 Å². The zero-order valence-corrected chi connectivity index (χ0v) is 21.0. The SMILES string of the molecule is CCCOc1cc2c(c3c(=O)c(-c4ccc(OC)cc4)cn(CCCN4CCOCC4)c13)CCC2. The molecule has 6 heteroatoms. The number of aryl methyl sites for hydroxylation is 3. The van der Waals surface area contributed by atoms with Gasteiger partial charge in [0.15, 0.2) is 5.43 Å². The molecular weight excluding hydrogens is 440 g/mol. The Balaban J connectivity index is 1.62. The molecule has 1 aliphatic heterocycles. The largest absolute Gasteiger partial charge is 0.497 e. The molecule has 186 valence electrons. The van der Waals surface area contributed by atoms with Crippen LogP contribution in [0.4, 0.5) is 0 Å². The van der Waals surface area contributed by atoms with Crippen LogP contribution in [-0.4, -0.2) is 56.0 Å². The highest BCUT2D eigenvalue weighted by Crippen LogP contribution is 2.36. The van der Waals surface area contributed by atoms with Gasteiger partial charge in [-0.25, -0.2) is 0 Å². The Kier molecular flexibility index (Phi) is 7.40. The Bertz CT molecular complexity index is 1230. The second kappa shape index (κ2) is 10.8. The van der Waals surface area contributed by atoms with Gasteiger partial charge in [0.25, 0.3) is 0 Å². The fraction of sp³-hybridized carbons (Fsp3) is 0.483. The van der Waals surface area contributed by atoms with Crippen molar-refractivity contribution in [2.24, 2.45) is 0 Å². The Morgan fingerprint density at radius 1 is 1.06 bits per heavy atom. The van der Waals surface area contributed by atoms with Crippen molar-refractivity contribution in [2.75, 3.05) is 46.6 Å². The average molecular weight is 477 g/mol. The summed E-state index contributed by atoms with van der Waals surface area (Å²) in [5.74, 6) is 1.64. The first-order valence-electron chi connectivity index (χ1n) is 13.0. The number of rotatable bonds is 9. The van der Waals surface area contributed by atoms with Crippen LogP contribution in [0.1, 0.15) is 37.3 Å². The third kappa shape index (κ3) is 4.95. The summed E-state index contributed by atoms with van der Waals surface area (Å²) in [5, 5.41) is 0.853. The number of hydrogen-bond donors (Lipinski definition) is 0. The molecule has 0 unspecified atom stereocenters. The van der Waals surface area contributed by atoms with Crippen molar-refractivity contribution in [3.8, 4) is 22.6 Å². The number of methoxy groups -OCH3 is 1. The number of nitrogens with zero attached hydrogens (tertiary/aromatic N) is 2. The van der Waals surface area contributed by atoms with Gasteiger partial charge >= 0.3 is 0 Å². The number of pyridine rings is 1. The number of benzene rings is 2. The average Bonchev–Trinajstić information content (AvgIpc) is 3.37. The van der Waals surface area contributed by atoms with E-state index in [0.29, 0.717) is 6.61 Å². The lowest BCUT2D eigenvalue weighted by Gasteiger charge is -2.27. The van der Waals surface area contributed by atoms with Crippen molar-refractivity contribution in [2.45, 2.75) is 45.6 Å². The van der Waals surface area contributed by atoms with Crippen molar-refractivity contribution in [1.82, 2.24) is 9.47 Å². The first-order chi connectivity index (χ1) is 17.2. The van der Waals surface area contributed by atoms with E-state index in [9.17, 15) is 4.79 Å². The molecule has 0 spiro atoms. The maximum absolute atomic E-state index is 14.0. The normalized spacial score (nSPS) is 15.9. The van der Waals surface area contributed by atoms with Crippen LogP contribution in [-0.2, 0) is 24.1 Å². The summed E-state index contributed by atoms with van der Waals surface area (Å²) in [7, 11) is 1.66. The van der Waals surface area contributed by atoms with Gasteiger partial charge < -0.3 is 18.8 Å². The zero-order valence-electron chi connectivity index (χ0n) is 21.0. The Morgan fingerprint density at radius 3 is 2.60 bits per heavy atom. The molecular formula is C29H36N2O4. The third-order valence-electron chi connectivity index (χ3n) is 7.22. The molecule has 2 aromatic carbocycles. The van der Waals surface area contributed by atoms with E-state index in [1.54, 1.807) is 7.11 Å². The van der Waals surface area contributed by atoms with Crippen LogP contribution in [0, 0.1) is 0 Å². The number of ether oxygens (including phenoxy) is 3. The molecule has 5 rings (SSSR count). The highest BCUT2D eigenvalue weighted by molar-refractivity contribution is 5.92. The standard InChI is InChI=1S/C29H36N2O4/c1-3-16-35-26-19-22-6-4-7-24(22)27-28(26)31(13-5-12-30-14-17-34-18-15-30)20-25(29(27)32)21-8-10-23(33-2)11-9-21/h8-11,19-20H,3-7,12-18H2,1-2H3. The van der Waals surface area contributed by atoms with Crippen LogP contribution >= 0.6 is 0 Å². The van der Waals surface area contributed by atoms with Gasteiger partial charge in [-0.3, -0.25) is 9.69 Å². The van der Waals surface area contributed by atoms with Gasteiger partial charge in [0, 0.05) is 37.9 Å². The minimum absolute atomic E-state index is 0.106. The summed E-state index contributed by atoms with van der Waals surface area (Å²) in [5.41, 5.74) is 5.22. The fourth-order valence-corrected chi connectivity index (χ4v) is 5.41. The summed E-state index contributed by atoms with van der Waals surface area (Å²) in [4.78, 5) is 16.5. The molecule has 0 atom stereocenters. The molecule has 0 saturated carbocycles. The summed E-state index contributed by atoms with van der Waals surface area (Å²) in [6, 6.07) is 10.0. The minimum atomic E-state index is 0.106. The number of fused-ring (bicyclic) bond motifs is 3. The van der Waals surface area contributed by atoms with Gasteiger partial charge in [0.1, 0.15) is 11.5 Å². The van der Waals surface area contributed by atoms with E-state index in [0.717, 1.165) is 105 Å². The van der Waals surface area contributed by atoms with Gasteiger partial charge in [0.05, 0.1) is 37.8 Å². The van der Waals surface area contributed by atoms with E-state index in [2.05, 4.69) is 22.5 Å². The smallest absolute Gasteiger partial charge is 0.197 e. The molecule has 3 aromatic rings. The van der Waals surface area contributed by atoms with E-state index in [1.165, 1.54) is 11.1 Å². The van der Waals surface area contributed by atoms with E-state index < -0.39 is 0 Å².